The molecule has 0 fully saturated rings. The van der Waals surface area contributed by atoms with E-state index >= 15 is 0 Å². The summed E-state index contributed by atoms with van der Waals surface area (Å²) >= 11 is 0. The van der Waals surface area contributed by atoms with Crippen molar-refractivity contribution in [3.8, 4) is 0 Å². The zero-order valence-corrected chi connectivity index (χ0v) is 7.40. The van der Waals surface area contributed by atoms with Crippen LogP contribution < -0.4 is 5.32 Å². The van der Waals surface area contributed by atoms with Crippen molar-refractivity contribution in [1.29, 1.82) is 0 Å². The Morgan fingerprint density at radius 3 is 2.43 bits per heavy atom. The van der Waals surface area contributed by atoms with Crippen molar-refractivity contribution >= 4 is 17.8 Å². The molecule has 0 saturated heterocycles. The van der Waals surface area contributed by atoms with Gasteiger partial charge in [0.2, 0.25) is 0 Å². The van der Waals surface area contributed by atoms with Gasteiger partial charge in [0, 0.05) is 25.2 Å². The van der Waals surface area contributed by atoms with Crippen molar-refractivity contribution in [1.82, 2.24) is 10.2 Å². The largest absolute Gasteiger partial charge is 0.480 e. The molecule has 1 aliphatic heterocycles. The molecule has 2 N–H and O–H groups in total. The molecule has 76 valence electrons. The average molecular weight is 198 g/mol. The maximum absolute atomic E-state index is 11.0. The second kappa shape index (κ2) is 4.52. The van der Waals surface area contributed by atoms with Crippen molar-refractivity contribution < 1.29 is 19.5 Å². The number of carboxylic acid groups (broad SMARTS) is 1. The smallest absolute Gasteiger partial charge is 0.317 e. The molecular weight excluding hydrogens is 188 g/mol. The fraction of sp³-hybridized carbons (Fsp3) is 0.375. The highest BCUT2D eigenvalue weighted by Gasteiger charge is 2.22. The highest BCUT2D eigenvalue weighted by molar-refractivity contribution is 6.12. The van der Waals surface area contributed by atoms with Crippen LogP contribution in [0.4, 0.5) is 0 Å². The number of imide groups is 1. The number of nitrogens with zero attached hydrogens (tertiary/aromatic N) is 1. The second-order valence-electron chi connectivity index (χ2n) is 2.73. The van der Waals surface area contributed by atoms with Gasteiger partial charge in [0.25, 0.3) is 11.8 Å². The van der Waals surface area contributed by atoms with E-state index in [0.29, 0.717) is 0 Å². The van der Waals surface area contributed by atoms with E-state index in [1.807, 2.05) is 0 Å². The van der Waals surface area contributed by atoms with Crippen LogP contribution in [0.2, 0.25) is 0 Å². The Balaban J connectivity index is 2.22. The molecular formula is C8H10N2O4. The van der Waals surface area contributed by atoms with Crippen LogP contribution in [0.1, 0.15) is 0 Å². The van der Waals surface area contributed by atoms with Crippen molar-refractivity contribution in [3.63, 3.8) is 0 Å². The highest BCUT2D eigenvalue weighted by atomic mass is 16.4. The van der Waals surface area contributed by atoms with Crippen LogP contribution in [0.3, 0.4) is 0 Å². The lowest BCUT2D eigenvalue weighted by molar-refractivity contribution is -0.136. The van der Waals surface area contributed by atoms with Gasteiger partial charge in [0.15, 0.2) is 0 Å². The molecule has 0 unspecified atom stereocenters. The molecule has 0 aromatic carbocycles. The standard InChI is InChI=1S/C8H10N2O4/c11-6-1-2-7(12)10(6)4-3-9-5-8(13)14/h1-2,9H,3-5H2,(H,13,14). The Labute approximate surface area is 80.2 Å². The van der Waals surface area contributed by atoms with E-state index in [0.717, 1.165) is 4.90 Å². The lowest BCUT2D eigenvalue weighted by Crippen LogP contribution is -2.37. The minimum Gasteiger partial charge on any atom is -0.480 e. The van der Waals surface area contributed by atoms with Gasteiger partial charge in [-0.25, -0.2) is 0 Å². The summed E-state index contributed by atoms with van der Waals surface area (Å²) in [7, 11) is 0. The number of carboxylic acids is 1. The first-order valence-corrected chi connectivity index (χ1v) is 4.07. The summed E-state index contributed by atoms with van der Waals surface area (Å²) in [4.78, 5) is 33.1. The molecule has 6 nitrogen and oxygen atoms in total. The summed E-state index contributed by atoms with van der Waals surface area (Å²) in [6, 6.07) is 0. The van der Waals surface area contributed by atoms with Gasteiger partial charge in [0.05, 0.1) is 6.54 Å². The maximum atomic E-state index is 11.0. The maximum Gasteiger partial charge on any atom is 0.317 e. The van der Waals surface area contributed by atoms with Crippen LogP contribution in [-0.4, -0.2) is 47.4 Å². The molecule has 0 aromatic heterocycles. The van der Waals surface area contributed by atoms with E-state index in [1.54, 1.807) is 0 Å². The first kappa shape index (κ1) is 10.4. The number of nitrogens with one attached hydrogen (secondary N) is 1. The molecule has 0 saturated carbocycles. The van der Waals surface area contributed by atoms with Crippen LogP contribution in [0.15, 0.2) is 12.2 Å². The highest BCUT2D eigenvalue weighted by Crippen LogP contribution is 2.01. The topological polar surface area (TPSA) is 86.7 Å². The Kier molecular flexibility index (Phi) is 3.35. The number of hydrogen-bond acceptors (Lipinski definition) is 4. The fourth-order valence-corrected chi connectivity index (χ4v) is 1.04. The van der Waals surface area contributed by atoms with Gasteiger partial charge in [-0.1, -0.05) is 0 Å². The van der Waals surface area contributed by atoms with Crippen molar-refractivity contribution in [2.45, 2.75) is 0 Å². The van der Waals surface area contributed by atoms with Gasteiger partial charge in [0.1, 0.15) is 0 Å². The minimum atomic E-state index is -0.970. The van der Waals surface area contributed by atoms with Crippen LogP contribution >= 0.6 is 0 Å². The van der Waals surface area contributed by atoms with Crippen molar-refractivity contribution in [2.24, 2.45) is 0 Å². The number of rotatable bonds is 5. The molecule has 0 aromatic rings. The molecule has 0 atom stereocenters. The van der Waals surface area contributed by atoms with Crippen LogP contribution in [0.25, 0.3) is 0 Å². The molecule has 6 heteroatoms. The zero-order valence-electron chi connectivity index (χ0n) is 7.40. The van der Waals surface area contributed by atoms with Gasteiger partial charge in [-0.2, -0.15) is 0 Å². The molecule has 0 bridgehead atoms. The van der Waals surface area contributed by atoms with Crippen LogP contribution in [0, 0.1) is 0 Å². The van der Waals surface area contributed by atoms with Gasteiger partial charge >= 0.3 is 5.97 Å². The lowest BCUT2D eigenvalue weighted by atomic mass is 10.5. The van der Waals surface area contributed by atoms with Gasteiger partial charge in [-0.05, 0) is 0 Å². The van der Waals surface area contributed by atoms with Crippen molar-refractivity contribution in [3.05, 3.63) is 12.2 Å². The van der Waals surface area contributed by atoms with Gasteiger partial charge < -0.3 is 10.4 Å². The summed E-state index contributed by atoms with van der Waals surface area (Å²) in [5, 5.41) is 10.9. The molecule has 2 amide bonds. The SMILES string of the molecule is O=C(O)CNCCN1C(=O)C=CC1=O. The normalized spacial score (nSPS) is 15.3. The summed E-state index contributed by atoms with van der Waals surface area (Å²) in [6.07, 6.45) is 2.39. The third-order valence-electron chi connectivity index (χ3n) is 1.69. The fourth-order valence-electron chi connectivity index (χ4n) is 1.04. The average Bonchev–Trinajstić information content (AvgIpc) is 2.42. The predicted molar refractivity (Wildman–Crippen MR) is 46.4 cm³/mol. The summed E-state index contributed by atoms with van der Waals surface area (Å²) in [5.41, 5.74) is 0. The molecule has 1 aliphatic rings. The Hall–Kier alpha value is -1.69. The first-order valence-electron chi connectivity index (χ1n) is 4.07. The Morgan fingerprint density at radius 1 is 1.36 bits per heavy atom. The number of amides is 2. The summed E-state index contributed by atoms with van der Waals surface area (Å²) in [5.74, 6) is -1.68. The third kappa shape index (κ3) is 2.67. The zero-order chi connectivity index (χ0) is 10.6. The number of aliphatic carboxylic acids is 1. The summed E-state index contributed by atoms with van der Waals surface area (Å²) in [6.45, 7) is 0.299. The molecule has 14 heavy (non-hydrogen) atoms. The monoisotopic (exact) mass is 198 g/mol. The van der Waals surface area contributed by atoms with E-state index in [9.17, 15) is 14.4 Å². The lowest BCUT2D eigenvalue weighted by Gasteiger charge is -2.13. The number of hydrogen-bond donors (Lipinski definition) is 2. The molecule has 1 rings (SSSR count). The van der Waals surface area contributed by atoms with Crippen LogP contribution in [-0.2, 0) is 14.4 Å². The number of carbonyl (C=O) groups is 3. The Morgan fingerprint density at radius 2 is 1.93 bits per heavy atom. The van der Waals surface area contributed by atoms with E-state index in [4.69, 9.17) is 5.11 Å². The van der Waals surface area contributed by atoms with Crippen molar-refractivity contribution in [2.75, 3.05) is 19.6 Å². The third-order valence-corrected chi connectivity index (χ3v) is 1.69. The van der Waals surface area contributed by atoms with Gasteiger partial charge in [-0.15, -0.1) is 0 Å². The minimum absolute atomic E-state index is 0.177. The van der Waals surface area contributed by atoms with E-state index in [-0.39, 0.29) is 31.4 Å². The number of carbonyl (C=O) groups excluding carboxylic acids is 2. The molecule has 0 radical (unpaired) electrons. The first-order chi connectivity index (χ1) is 6.61. The van der Waals surface area contributed by atoms with Gasteiger partial charge in [-0.3, -0.25) is 19.3 Å². The van der Waals surface area contributed by atoms with E-state index in [2.05, 4.69) is 5.32 Å². The Bertz CT molecular complexity index is 280. The second-order valence-corrected chi connectivity index (χ2v) is 2.73. The predicted octanol–water partition coefficient (Wildman–Crippen LogP) is -1.41. The molecule has 0 spiro atoms. The van der Waals surface area contributed by atoms with Crippen LogP contribution in [0.5, 0.6) is 0 Å². The molecule has 1 heterocycles. The summed E-state index contributed by atoms with van der Waals surface area (Å²) < 4.78 is 0. The molecule has 0 aliphatic carbocycles. The quantitative estimate of drug-likeness (QED) is 0.418. The van der Waals surface area contributed by atoms with E-state index < -0.39 is 5.97 Å². The van der Waals surface area contributed by atoms with E-state index in [1.165, 1.54) is 12.2 Å².